The van der Waals surface area contributed by atoms with Gasteiger partial charge in [-0.05, 0) is 29.5 Å². The molecule has 130 valence electrons. The standard InChI is InChI=1S/C22H26N2O/c23-22(13-7-2-8-14-22)21(25)24-15-18-11-5-6-12-19(18)20(16-24)17-9-3-1-4-10-17/h1,3-6,9-12,20H,2,7-8,13-16,23H2. The summed E-state index contributed by atoms with van der Waals surface area (Å²) in [5, 5.41) is 0. The minimum atomic E-state index is -0.661. The van der Waals surface area contributed by atoms with Crippen LogP contribution in [0, 0.1) is 0 Å². The van der Waals surface area contributed by atoms with Gasteiger partial charge in [-0.25, -0.2) is 0 Å². The minimum Gasteiger partial charge on any atom is -0.336 e. The lowest BCUT2D eigenvalue weighted by atomic mass is 9.79. The third-order valence-electron chi connectivity index (χ3n) is 5.86. The highest BCUT2D eigenvalue weighted by Crippen LogP contribution is 2.36. The van der Waals surface area contributed by atoms with Crippen LogP contribution in [0.25, 0.3) is 0 Å². The smallest absolute Gasteiger partial charge is 0.242 e. The number of amides is 1. The fraction of sp³-hybridized carbons (Fsp3) is 0.409. The molecule has 1 unspecified atom stereocenters. The Kier molecular flexibility index (Phi) is 4.34. The van der Waals surface area contributed by atoms with E-state index in [9.17, 15) is 4.79 Å². The zero-order chi connectivity index (χ0) is 17.3. The van der Waals surface area contributed by atoms with E-state index in [1.54, 1.807) is 0 Å². The van der Waals surface area contributed by atoms with Gasteiger partial charge >= 0.3 is 0 Å². The van der Waals surface area contributed by atoms with Crippen molar-refractivity contribution in [3.63, 3.8) is 0 Å². The molecular formula is C22H26N2O. The van der Waals surface area contributed by atoms with Crippen LogP contribution in [-0.4, -0.2) is 22.9 Å². The summed E-state index contributed by atoms with van der Waals surface area (Å²) in [6, 6.07) is 19.0. The van der Waals surface area contributed by atoms with Crippen LogP contribution in [0.2, 0.25) is 0 Å². The fourth-order valence-electron chi connectivity index (χ4n) is 4.44. The normalized spacial score (nSPS) is 22.3. The Hall–Kier alpha value is -2.13. The van der Waals surface area contributed by atoms with Gasteiger partial charge in [0, 0.05) is 19.0 Å². The summed E-state index contributed by atoms with van der Waals surface area (Å²) in [6.45, 7) is 1.40. The Bertz CT molecular complexity index is 750. The first-order valence-corrected chi connectivity index (χ1v) is 9.38. The summed E-state index contributed by atoms with van der Waals surface area (Å²) in [5.41, 5.74) is 9.74. The molecule has 25 heavy (non-hydrogen) atoms. The van der Waals surface area contributed by atoms with E-state index in [-0.39, 0.29) is 11.8 Å². The maximum atomic E-state index is 13.3. The number of rotatable bonds is 2. The van der Waals surface area contributed by atoms with E-state index in [4.69, 9.17) is 5.73 Å². The largest absolute Gasteiger partial charge is 0.336 e. The molecule has 2 aromatic rings. The first-order valence-electron chi connectivity index (χ1n) is 9.38. The molecule has 3 heteroatoms. The van der Waals surface area contributed by atoms with Gasteiger partial charge in [0.15, 0.2) is 0 Å². The molecule has 1 amide bonds. The quantitative estimate of drug-likeness (QED) is 0.907. The molecule has 0 radical (unpaired) electrons. The monoisotopic (exact) mass is 334 g/mol. The molecule has 1 aliphatic heterocycles. The summed E-state index contributed by atoms with van der Waals surface area (Å²) >= 11 is 0. The average Bonchev–Trinajstić information content (AvgIpc) is 2.68. The molecule has 1 heterocycles. The molecule has 2 N–H and O–H groups in total. The number of carbonyl (C=O) groups excluding carboxylic acids is 1. The van der Waals surface area contributed by atoms with Crippen LogP contribution < -0.4 is 5.73 Å². The number of benzene rings is 2. The van der Waals surface area contributed by atoms with Gasteiger partial charge < -0.3 is 10.6 Å². The molecule has 0 aromatic heterocycles. The van der Waals surface area contributed by atoms with Crippen molar-refractivity contribution in [1.82, 2.24) is 4.90 Å². The molecule has 0 spiro atoms. The van der Waals surface area contributed by atoms with Gasteiger partial charge in [0.2, 0.25) is 5.91 Å². The van der Waals surface area contributed by atoms with E-state index >= 15 is 0 Å². The lowest BCUT2D eigenvalue weighted by Gasteiger charge is -2.41. The zero-order valence-electron chi connectivity index (χ0n) is 14.7. The molecule has 1 aliphatic carbocycles. The van der Waals surface area contributed by atoms with Gasteiger partial charge in [-0.15, -0.1) is 0 Å². The number of fused-ring (bicyclic) bond motifs is 1. The summed E-state index contributed by atoms with van der Waals surface area (Å²) in [6.07, 6.45) is 4.96. The van der Waals surface area contributed by atoms with Crippen molar-refractivity contribution in [3.8, 4) is 0 Å². The SMILES string of the molecule is NC1(C(=O)N2Cc3ccccc3C(c3ccccc3)C2)CCCCC1. The van der Waals surface area contributed by atoms with Crippen LogP contribution in [0.5, 0.6) is 0 Å². The molecule has 1 atom stereocenters. The number of hydrogen-bond acceptors (Lipinski definition) is 2. The van der Waals surface area contributed by atoms with E-state index in [1.165, 1.54) is 23.1 Å². The zero-order valence-corrected chi connectivity index (χ0v) is 14.7. The van der Waals surface area contributed by atoms with Crippen LogP contribution in [-0.2, 0) is 11.3 Å². The molecule has 4 rings (SSSR count). The molecular weight excluding hydrogens is 308 g/mol. The van der Waals surface area contributed by atoms with Gasteiger partial charge in [-0.1, -0.05) is 73.9 Å². The average molecular weight is 334 g/mol. The highest BCUT2D eigenvalue weighted by molar-refractivity contribution is 5.86. The van der Waals surface area contributed by atoms with Gasteiger partial charge in [0.05, 0.1) is 5.54 Å². The minimum absolute atomic E-state index is 0.141. The van der Waals surface area contributed by atoms with Gasteiger partial charge in [-0.2, -0.15) is 0 Å². The Morgan fingerprint density at radius 1 is 0.960 bits per heavy atom. The molecule has 1 saturated carbocycles. The van der Waals surface area contributed by atoms with E-state index in [2.05, 4.69) is 48.5 Å². The highest BCUT2D eigenvalue weighted by Gasteiger charge is 2.40. The Morgan fingerprint density at radius 2 is 1.64 bits per heavy atom. The fourth-order valence-corrected chi connectivity index (χ4v) is 4.44. The maximum Gasteiger partial charge on any atom is 0.242 e. The molecule has 2 aromatic carbocycles. The Labute approximate surface area is 149 Å². The summed E-state index contributed by atoms with van der Waals surface area (Å²) in [7, 11) is 0. The first-order chi connectivity index (χ1) is 12.2. The summed E-state index contributed by atoms with van der Waals surface area (Å²) < 4.78 is 0. The first kappa shape index (κ1) is 16.3. The Morgan fingerprint density at radius 3 is 2.40 bits per heavy atom. The maximum absolute atomic E-state index is 13.3. The number of hydrogen-bond donors (Lipinski definition) is 1. The summed E-state index contributed by atoms with van der Waals surface area (Å²) in [4.78, 5) is 15.3. The molecule has 0 saturated heterocycles. The third kappa shape index (κ3) is 3.09. The topological polar surface area (TPSA) is 46.3 Å². The second-order valence-corrected chi connectivity index (χ2v) is 7.56. The van der Waals surface area contributed by atoms with E-state index in [1.807, 2.05) is 11.0 Å². The number of nitrogens with zero attached hydrogens (tertiary/aromatic N) is 1. The van der Waals surface area contributed by atoms with Crippen molar-refractivity contribution in [2.45, 2.75) is 50.1 Å². The van der Waals surface area contributed by atoms with E-state index in [0.29, 0.717) is 6.54 Å². The van der Waals surface area contributed by atoms with Crippen molar-refractivity contribution in [2.24, 2.45) is 5.73 Å². The summed E-state index contributed by atoms with van der Waals surface area (Å²) in [5.74, 6) is 0.366. The Balaban J connectivity index is 1.67. The van der Waals surface area contributed by atoms with Crippen LogP contribution in [0.4, 0.5) is 0 Å². The van der Waals surface area contributed by atoms with Crippen molar-refractivity contribution in [2.75, 3.05) is 6.54 Å². The van der Waals surface area contributed by atoms with Gasteiger partial charge in [0.1, 0.15) is 0 Å². The van der Waals surface area contributed by atoms with Crippen molar-refractivity contribution >= 4 is 5.91 Å². The molecule has 2 aliphatic rings. The van der Waals surface area contributed by atoms with Gasteiger partial charge in [-0.3, -0.25) is 4.79 Å². The molecule has 3 nitrogen and oxygen atoms in total. The van der Waals surface area contributed by atoms with Crippen LogP contribution in [0.1, 0.15) is 54.7 Å². The van der Waals surface area contributed by atoms with Gasteiger partial charge in [0.25, 0.3) is 0 Å². The lowest BCUT2D eigenvalue weighted by molar-refractivity contribution is -0.139. The number of nitrogens with two attached hydrogens (primary N) is 1. The lowest BCUT2D eigenvalue weighted by Crippen LogP contribution is -2.57. The third-order valence-corrected chi connectivity index (χ3v) is 5.86. The van der Waals surface area contributed by atoms with Crippen molar-refractivity contribution < 1.29 is 4.79 Å². The van der Waals surface area contributed by atoms with Crippen molar-refractivity contribution in [3.05, 3.63) is 71.3 Å². The second kappa shape index (κ2) is 6.64. The highest BCUT2D eigenvalue weighted by atomic mass is 16.2. The van der Waals surface area contributed by atoms with E-state index in [0.717, 1.165) is 32.2 Å². The molecule has 0 bridgehead atoms. The molecule has 1 fully saturated rings. The van der Waals surface area contributed by atoms with Crippen LogP contribution in [0.3, 0.4) is 0 Å². The van der Waals surface area contributed by atoms with Crippen LogP contribution in [0.15, 0.2) is 54.6 Å². The predicted molar refractivity (Wildman–Crippen MR) is 100 cm³/mol. The van der Waals surface area contributed by atoms with Crippen LogP contribution >= 0.6 is 0 Å². The van der Waals surface area contributed by atoms with E-state index < -0.39 is 5.54 Å². The second-order valence-electron chi connectivity index (χ2n) is 7.56. The predicted octanol–water partition coefficient (Wildman–Crippen LogP) is 3.82. The van der Waals surface area contributed by atoms with Crippen molar-refractivity contribution in [1.29, 1.82) is 0 Å². The number of carbonyl (C=O) groups is 1.